The highest BCUT2D eigenvalue weighted by molar-refractivity contribution is 5.99. The van der Waals surface area contributed by atoms with Crippen molar-refractivity contribution in [1.82, 2.24) is 10.3 Å². The molecule has 1 amide bonds. The van der Waals surface area contributed by atoms with Crippen LogP contribution in [0.15, 0.2) is 30.5 Å². The van der Waals surface area contributed by atoms with Crippen molar-refractivity contribution in [3.63, 3.8) is 0 Å². The third-order valence-electron chi connectivity index (χ3n) is 4.87. The van der Waals surface area contributed by atoms with Gasteiger partial charge in [-0.3, -0.25) is 14.9 Å². The number of hydrogen-bond acceptors (Lipinski definition) is 9. The van der Waals surface area contributed by atoms with Crippen molar-refractivity contribution in [2.45, 2.75) is 6.54 Å². The molecule has 11 nitrogen and oxygen atoms in total. The first kappa shape index (κ1) is 23.2. The highest BCUT2D eigenvalue weighted by Gasteiger charge is 2.25. The van der Waals surface area contributed by atoms with E-state index in [2.05, 4.69) is 15.2 Å². The number of nitrogens with one attached hydrogen (secondary N) is 1. The molecule has 1 aromatic heterocycles. The fourth-order valence-electron chi connectivity index (χ4n) is 3.17. The van der Waals surface area contributed by atoms with Gasteiger partial charge in [0.15, 0.2) is 11.5 Å². The van der Waals surface area contributed by atoms with Gasteiger partial charge in [0.1, 0.15) is 18.0 Å². The molecule has 2 heterocycles. The molecular weight excluding hydrogens is 420 g/mol. The maximum atomic E-state index is 12.7. The number of hydrogen-bond donors (Lipinski definition) is 1. The maximum absolute atomic E-state index is 12.7. The molecule has 1 saturated heterocycles. The zero-order valence-electron chi connectivity index (χ0n) is 18.0. The van der Waals surface area contributed by atoms with E-state index < -0.39 is 10.8 Å². The summed E-state index contributed by atoms with van der Waals surface area (Å²) in [5.74, 6) is 0.618. The Morgan fingerprint density at radius 3 is 2.62 bits per heavy atom. The number of nitro benzene ring substituents is 1. The highest BCUT2D eigenvalue weighted by Crippen LogP contribution is 2.34. The van der Waals surface area contributed by atoms with Crippen molar-refractivity contribution in [3.05, 3.63) is 51.7 Å². The van der Waals surface area contributed by atoms with Gasteiger partial charge in [-0.15, -0.1) is 0 Å². The minimum absolute atomic E-state index is 0.121. The minimum Gasteiger partial charge on any atom is -0.493 e. The summed E-state index contributed by atoms with van der Waals surface area (Å²) in [5, 5.41) is 14.3. The van der Waals surface area contributed by atoms with Gasteiger partial charge < -0.3 is 29.2 Å². The van der Waals surface area contributed by atoms with E-state index in [1.807, 2.05) is 12.1 Å². The van der Waals surface area contributed by atoms with Gasteiger partial charge in [-0.2, -0.15) is 0 Å². The van der Waals surface area contributed by atoms with Crippen molar-refractivity contribution < 1.29 is 28.7 Å². The van der Waals surface area contributed by atoms with E-state index in [9.17, 15) is 14.9 Å². The molecule has 11 heteroatoms. The number of anilines is 1. The van der Waals surface area contributed by atoms with Gasteiger partial charge in [0.25, 0.3) is 11.6 Å². The number of methoxy groups -OCH3 is 2. The molecule has 1 aliphatic heterocycles. The van der Waals surface area contributed by atoms with Crippen LogP contribution in [0.1, 0.15) is 15.9 Å². The average Bonchev–Trinajstić information content (AvgIpc) is 2.83. The molecule has 2 aromatic rings. The lowest BCUT2D eigenvalue weighted by molar-refractivity contribution is -0.385. The Bertz CT molecular complexity index is 930. The number of carbonyl (C=O) groups excluding carboxylic acids is 1. The van der Waals surface area contributed by atoms with E-state index in [0.29, 0.717) is 19.8 Å². The molecule has 0 bridgehead atoms. The van der Waals surface area contributed by atoms with Crippen molar-refractivity contribution in [2.24, 2.45) is 0 Å². The molecule has 0 spiro atoms. The second kappa shape index (κ2) is 11.3. The number of amides is 1. The maximum Gasteiger partial charge on any atom is 0.286 e. The molecule has 0 radical (unpaired) electrons. The lowest BCUT2D eigenvalue weighted by Gasteiger charge is -2.27. The summed E-state index contributed by atoms with van der Waals surface area (Å²) in [6.45, 7) is 3.54. The van der Waals surface area contributed by atoms with Crippen LogP contribution in [-0.2, 0) is 16.0 Å². The average molecular weight is 446 g/mol. The van der Waals surface area contributed by atoms with E-state index in [1.54, 1.807) is 6.20 Å². The molecule has 0 unspecified atom stereocenters. The van der Waals surface area contributed by atoms with Crippen molar-refractivity contribution in [1.29, 1.82) is 0 Å². The first-order valence-electron chi connectivity index (χ1n) is 10.1. The number of benzene rings is 1. The topological polar surface area (TPSA) is 125 Å². The van der Waals surface area contributed by atoms with E-state index in [4.69, 9.17) is 18.9 Å². The fraction of sp³-hybridized carbons (Fsp3) is 0.429. The third kappa shape index (κ3) is 5.83. The van der Waals surface area contributed by atoms with E-state index >= 15 is 0 Å². The molecule has 3 rings (SSSR count). The summed E-state index contributed by atoms with van der Waals surface area (Å²) in [5.41, 5.74) is 0.268. The molecular formula is C21H26N4O7. The van der Waals surface area contributed by atoms with Crippen LogP contribution < -0.4 is 19.7 Å². The van der Waals surface area contributed by atoms with Crippen molar-refractivity contribution in [2.75, 3.05) is 58.6 Å². The Labute approximate surface area is 185 Å². The Morgan fingerprint density at radius 2 is 2.00 bits per heavy atom. The standard InChI is InChI=1S/C21H26N4O7/c1-29-9-10-32-19-12-17(25(27)28)16(11-18(19)30-2)21(26)23-14-15-3-4-20(22-13-15)24-5-7-31-8-6-24/h3-4,11-13H,5-10,14H2,1-2H3,(H,23,26). The molecule has 1 aromatic carbocycles. The van der Waals surface area contributed by atoms with Crippen LogP contribution in [0.3, 0.4) is 0 Å². The smallest absolute Gasteiger partial charge is 0.286 e. The number of nitrogens with zero attached hydrogens (tertiary/aromatic N) is 3. The zero-order valence-corrected chi connectivity index (χ0v) is 18.0. The number of carbonyl (C=O) groups is 1. The number of nitro groups is 1. The Kier molecular flexibility index (Phi) is 8.17. The monoisotopic (exact) mass is 446 g/mol. The molecule has 1 fully saturated rings. The van der Waals surface area contributed by atoms with Crippen LogP contribution in [-0.4, -0.2) is 69.6 Å². The summed E-state index contributed by atoms with van der Waals surface area (Å²) in [6.07, 6.45) is 1.67. The Balaban J connectivity index is 1.70. The molecule has 32 heavy (non-hydrogen) atoms. The van der Waals surface area contributed by atoms with Gasteiger partial charge in [-0.05, 0) is 11.6 Å². The molecule has 0 aliphatic carbocycles. The van der Waals surface area contributed by atoms with Gasteiger partial charge in [-0.1, -0.05) is 6.07 Å². The Morgan fingerprint density at radius 1 is 1.22 bits per heavy atom. The molecule has 1 N–H and O–H groups in total. The van der Waals surface area contributed by atoms with Crippen LogP contribution in [0.4, 0.5) is 11.5 Å². The second-order valence-corrected chi connectivity index (χ2v) is 6.93. The SMILES string of the molecule is COCCOc1cc([N+](=O)[O-])c(C(=O)NCc2ccc(N3CCOCC3)nc2)cc1OC. The fourth-order valence-corrected chi connectivity index (χ4v) is 3.17. The van der Waals surface area contributed by atoms with Crippen LogP contribution in [0.25, 0.3) is 0 Å². The number of ether oxygens (including phenoxy) is 4. The summed E-state index contributed by atoms with van der Waals surface area (Å²) in [7, 11) is 2.91. The number of rotatable bonds is 10. The predicted molar refractivity (Wildman–Crippen MR) is 115 cm³/mol. The number of aromatic nitrogens is 1. The zero-order chi connectivity index (χ0) is 22.9. The van der Waals surface area contributed by atoms with Gasteiger partial charge in [0.2, 0.25) is 0 Å². The van der Waals surface area contributed by atoms with Gasteiger partial charge in [0.05, 0.1) is 37.9 Å². The third-order valence-corrected chi connectivity index (χ3v) is 4.87. The quantitative estimate of drug-likeness (QED) is 0.330. The second-order valence-electron chi connectivity index (χ2n) is 6.93. The summed E-state index contributed by atoms with van der Waals surface area (Å²) < 4.78 is 21.0. The van der Waals surface area contributed by atoms with Crippen molar-refractivity contribution in [3.8, 4) is 11.5 Å². The molecule has 0 atom stereocenters. The first-order valence-corrected chi connectivity index (χ1v) is 10.1. The lowest BCUT2D eigenvalue weighted by Crippen LogP contribution is -2.36. The van der Waals surface area contributed by atoms with E-state index in [1.165, 1.54) is 26.4 Å². The molecule has 1 aliphatic rings. The summed E-state index contributed by atoms with van der Waals surface area (Å²) in [6, 6.07) is 6.22. The number of pyridine rings is 1. The van der Waals surface area contributed by atoms with E-state index in [-0.39, 0.29) is 35.9 Å². The van der Waals surface area contributed by atoms with E-state index in [0.717, 1.165) is 24.5 Å². The first-order chi connectivity index (χ1) is 15.5. The van der Waals surface area contributed by atoms with Gasteiger partial charge in [0, 0.05) is 39.0 Å². The normalized spacial score (nSPS) is 13.5. The van der Waals surface area contributed by atoms with Crippen LogP contribution in [0, 0.1) is 10.1 Å². The van der Waals surface area contributed by atoms with Gasteiger partial charge >= 0.3 is 0 Å². The largest absolute Gasteiger partial charge is 0.493 e. The summed E-state index contributed by atoms with van der Waals surface area (Å²) >= 11 is 0. The van der Waals surface area contributed by atoms with Crippen molar-refractivity contribution >= 4 is 17.4 Å². The minimum atomic E-state index is -0.629. The highest BCUT2D eigenvalue weighted by atomic mass is 16.6. The number of morpholine rings is 1. The lowest BCUT2D eigenvalue weighted by atomic mass is 10.1. The predicted octanol–water partition coefficient (Wildman–Crippen LogP) is 1.79. The molecule has 0 saturated carbocycles. The van der Waals surface area contributed by atoms with Crippen LogP contribution >= 0.6 is 0 Å². The summed E-state index contributed by atoms with van der Waals surface area (Å²) in [4.78, 5) is 30.2. The molecule has 172 valence electrons. The van der Waals surface area contributed by atoms with Gasteiger partial charge in [-0.25, -0.2) is 4.98 Å². The van der Waals surface area contributed by atoms with Crippen LogP contribution in [0.5, 0.6) is 11.5 Å². The van der Waals surface area contributed by atoms with Crippen LogP contribution in [0.2, 0.25) is 0 Å². The Hall–Kier alpha value is -3.44.